The van der Waals surface area contributed by atoms with Crippen LogP contribution in [0, 0.1) is 5.82 Å². The number of hydrogen-bond donors (Lipinski definition) is 0. The summed E-state index contributed by atoms with van der Waals surface area (Å²) in [5, 5.41) is 1.20. The first kappa shape index (κ1) is 18.7. The average molecular weight is 359 g/mol. The SMILES string of the molecule is COc1ccc(/C=C/CN=Cc2cc3ccccc3n2C)cc1F.Cl. The molecule has 0 radical (unpaired) electrons. The van der Waals surface area contributed by atoms with Crippen LogP contribution in [-0.2, 0) is 7.05 Å². The molecule has 0 N–H and O–H groups in total. The number of aromatic nitrogens is 1. The molecule has 3 rings (SSSR count). The Bertz CT molecular complexity index is 915. The first-order chi connectivity index (χ1) is 11.7. The molecule has 5 heteroatoms. The first-order valence-electron chi connectivity index (χ1n) is 7.73. The number of halogens is 2. The molecule has 1 heterocycles. The van der Waals surface area contributed by atoms with Crippen molar-refractivity contribution >= 4 is 35.6 Å². The fourth-order valence-electron chi connectivity index (χ4n) is 2.62. The lowest BCUT2D eigenvalue weighted by molar-refractivity contribution is 0.386. The maximum atomic E-state index is 13.6. The van der Waals surface area contributed by atoms with Crippen molar-refractivity contribution in [3.8, 4) is 5.75 Å². The molecule has 0 atom stereocenters. The largest absolute Gasteiger partial charge is 0.494 e. The van der Waals surface area contributed by atoms with Gasteiger partial charge in [-0.25, -0.2) is 4.39 Å². The van der Waals surface area contributed by atoms with Gasteiger partial charge in [0.25, 0.3) is 0 Å². The van der Waals surface area contributed by atoms with Crippen molar-refractivity contribution in [1.82, 2.24) is 4.57 Å². The molecule has 0 aliphatic heterocycles. The van der Waals surface area contributed by atoms with E-state index in [2.05, 4.69) is 27.8 Å². The van der Waals surface area contributed by atoms with Crippen LogP contribution in [-0.4, -0.2) is 24.4 Å². The molecule has 25 heavy (non-hydrogen) atoms. The van der Waals surface area contributed by atoms with E-state index >= 15 is 0 Å². The number of para-hydroxylation sites is 1. The third-order valence-electron chi connectivity index (χ3n) is 3.91. The molecule has 0 spiro atoms. The molecule has 0 aliphatic rings. The minimum absolute atomic E-state index is 0. The summed E-state index contributed by atoms with van der Waals surface area (Å²) in [6, 6.07) is 15.2. The summed E-state index contributed by atoms with van der Waals surface area (Å²) in [5.74, 6) is -0.111. The van der Waals surface area contributed by atoms with Crippen LogP contribution in [0.1, 0.15) is 11.3 Å². The second-order valence-electron chi connectivity index (χ2n) is 5.48. The van der Waals surface area contributed by atoms with Crippen LogP contribution in [0.25, 0.3) is 17.0 Å². The summed E-state index contributed by atoms with van der Waals surface area (Å²) in [6.45, 7) is 0.537. The summed E-state index contributed by atoms with van der Waals surface area (Å²) in [7, 11) is 3.48. The van der Waals surface area contributed by atoms with Crippen LogP contribution in [0.15, 0.2) is 59.6 Å². The number of rotatable bonds is 5. The van der Waals surface area contributed by atoms with Gasteiger partial charge in [0.05, 0.1) is 19.3 Å². The normalized spacial score (nSPS) is 11.3. The molecule has 0 saturated carbocycles. The highest BCUT2D eigenvalue weighted by atomic mass is 35.5. The molecule has 0 unspecified atom stereocenters. The van der Waals surface area contributed by atoms with Gasteiger partial charge < -0.3 is 9.30 Å². The van der Waals surface area contributed by atoms with Gasteiger partial charge in [-0.15, -0.1) is 12.4 Å². The van der Waals surface area contributed by atoms with Crippen molar-refractivity contribution in [2.45, 2.75) is 0 Å². The molecule has 0 fully saturated rings. The van der Waals surface area contributed by atoms with Crippen LogP contribution < -0.4 is 4.74 Å². The quantitative estimate of drug-likeness (QED) is 0.597. The minimum atomic E-state index is -0.362. The van der Waals surface area contributed by atoms with E-state index in [1.54, 1.807) is 6.07 Å². The average Bonchev–Trinajstić information content (AvgIpc) is 2.91. The maximum Gasteiger partial charge on any atom is 0.165 e. The molecule has 1 aromatic heterocycles. The zero-order chi connectivity index (χ0) is 16.9. The highest BCUT2D eigenvalue weighted by Gasteiger charge is 2.02. The Kier molecular flexibility index (Phi) is 6.37. The van der Waals surface area contributed by atoms with Gasteiger partial charge in [0.2, 0.25) is 0 Å². The van der Waals surface area contributed by atoms with E-state index in [9.17, 15) is 4.39 Å². The number of methoxy groups -OCH3 is 1. The zero-order valence-corrected chi connectivity index (χ0v) is 15.0. The Morgan fingerprint density at radius 2 is 1.96 bits per heavy atom. The Labute approximate surface area is 152 Å². The van der Waals surface area contributed by atoms with Crippen LogP contribution in [0.3, 0.4) is 0 Å². The number of ether oxygens (including phenoxy) is 1. The molecule has 0 saturated heterocycles. The Morgan fingerprint density at radius 1 is 1.16 bits per heavy atom. The van der Waals surface area contributed by atoms with Gasteiger partial charge >= 0.3 is 0 Å². The van der Waals surface area contributed by atoms with Gasteiger partial charge in [-0.3, -0.25) is 4.99 Å². The lowest BCUT2D eigenvalue weighted by Gasteiger charge is -2.01. The van der Waals surface area contributed by atoms with Crippen molar-refractivity contribution in [3.05, 3.63) is 71.7 Å². The Morgan fingerprint density at radius 3 is 2.68 bits per heavy atom. The fourth-order valence-corrected chi connectivity index (χ4v) is 2.62. The summed E-state index contributed by atoms with van der Waals surface area (Å²) in [5.41, 5.74) is 3.02. The Hall–Kier alpha value is -2.59. The van der Waals surface area contributed by atoms with E-state index in [1.165, 1.54) is 24.1 Å². The topological polar surface area (TPSA) is 26.5 Å². The second-order valence-corrected chi connectivity index (χ2v) is 5.48. The van der Waals surface area contributed by atoms with Crippen molar-refractivity contribution < 1.29 is 9.13 Å². The van der Waals surface area contributed by atoms with E-state index in [-0.39, 0.29) is 24.0 Å². The van der Waals surface area contributed by atoms with Crippen LogP contribution >= 0.6 is 12.4 Å². The standard InChI is InChI=1S/C20H19FN2O.ClH/c1-23-17(13-16-7-3-4-8-19(16)23)14-22-11-5-6-15-9-10-20(24-2)18(21)12-15;/h3-10,12-14H,11H2,1-2H3;1H/b6-5+,22-14?;. The van der Waals surface area contributed by atoms with Gasteiger partial charge in [0.1, 0.15) is 0 Å². The van der Waals surface area contributed by atoms with E-state index in [4.69, 9.17) is 4.74 Å². The lowest BCUT2D eigenvalue weighted by atomic mass is 10.2. The van der Waals surface area contributed by atoms with E-state index in [0.29, 0.717) is 6.54 Å². The summed E-state index contributed by atoms with van der Waals surface area (Å²) in [6.07, 6.45) is 5.61. The highest BCUT2D eigenvalue weighted by Crippen LogP contribution is 2.18. The highest BCUT2D eigenvalue weighted by molar-refractivity contribution is 5.90. The van der Waals surface area contributed by atoms with Crippen molar-refractivity contribution in [3.63, 3.8) is 0 Å². The Balaban J connectivity index is 0.00000225. The number of fused-ring (bicyclic) bond motifs is 1. The van der Waals surface area contributed by atoms with Gasteiger partial charge in [0.15, 0.2) is 11.6 Å². The monoisotopic (exact) mass is 358 g/mol. The molecule has 3 aromatic rings. The van der Waals surface area contributed by atoms with Gasteiger partial charge in [-0.1, -0.05) is 36.4 Å². The number of aliphatic imine (C=N–C) groups is 1. The number of nitrogens with zero attached hydrogens (tertiary/aromatic N) is 2. The third kappa shape index (κ3) is 4.28. The van der Waals surface area contributed by atoms with Crippen molar-refractivity contribution in [2.24, 2.45) is 12.0 Å². The molecular formula is C20H20ClFN2O. The van der Waals surface area contributed by atoms with Gasteiger partial charge in [0, 0.05) is 24.2 Å². The molecule has 0 bridgehead atoms. The summed E-state index contributed by atoms with van der Waals surface area (Å²) < 4.78 is 20.6. The molecular weight excluding hydrogens is 339 g/mol. The number of aryl methyl sites for hydroxylation is 1. The van der Waals surface area contributed by atoms with Crippen LogP contribution in [0.2, 0.25) is 0 Å². The van der Waals surface area contributed by atoms with Gasteiger partial charge in [-0.2, -0.15) is 0 Å². The van der Waals surface area contributed by atoms with Crippen LogP contribution in [0.4, 0.5) is 4.39 Å². The fraction of sp³-hybridized carbons (Fsp3) is 0.150. The lowest BCUT2D eigenvalue weighted by Crippen LogP contribution is -1.94. The van der Waals surface area contributed by atoms with Crippen molar-refractivity contribution in [2.75, 3.05) is 13.7 Å². The van der Waals surface area contributed by atoms with E-state index in [1.807, 2.05) is 43.6 Å². The molecule has 3 nitrogen and oxygen atoms in total. The second kappa shape index (κ2) is 8.49. The third-order valence-corrected chi connectivity index (χ3v) is 3.91. The zero-order valence-electron chi connectivity index (χ0n) is 14.1. The molecule has 0 amide bonds. The van der Waals surface area contributed by atoms with E-state index < -0.39 is 0 Å². The van der Waals surface area contributed by atoms with Crippen LogP contribution in [0.5, 0.6) is 5.75 Å². The van der Waals surface area contributed by atoms with Crippen molar-refractivity contribution in [1.29, 1.82) is 0 Å². The molecule has 130 valence electrons. The van der Waals surface area contributed by atoms with E-state index in [0.717, 1.165) is 11.3 Å². The molecule has 0 aliphatic carbocycles. The molecule has 2 aromatic carbocycles. The number of hydrogen-bond acceptors (Lipinski definition) is 2. The summed E-state index contributed by atoms with van der Waals surface area (Å²) in [4.78, 5) is 4.42. The minimum Gasteiger partial charge on any atom is -0.494 e. The smallest absolute Gasteiger partial charge is 0.165 e. The first-order valence-corrected chi connectivity index (χ1v) is 7.73. The maximum absolute atomic E-state index is 13.6. The summed E-state index contributed by atoms with van der Waals surface area (Å²) >= 11 is 0. The van der Waals surface area contributed by atoms with Gasteiger partial charge in [-0.05, 0) is 29.8 Å². The predicted octanol–water partition coefficient (Wildman–Crippen LogP) is 4.88. The number of benzene rings is 2. The predicted molar refractivity (Wildman–Crippen MR) is 105 cm³/mol.